The summed E-state index contributed by atoms with van der Waals surface area (Å²) < 4.78 is 11.2. The van der Waals surface area contributed by atoms with Gasteiger partial charge in [0.05, 0.1) is 0 Å². The Morgan fingerprint density at radius 1 is 1.00 bits per heavy atom. The maximum Gasteiger partial charge on any atom is 0.360 e. The summed E-state index contributed by atoms with van der Waals surface area (Å²) in [5, 5.41) is 0. The second-order valence-electron chi connectivity index (χ2n) is 7.03. The lowest BCUT2D eigenvalue weighted by Crippen LogP contribution is -2.61. The van der Waals surface area contributed by atoms with Gasteiger partial charge in [-0.3, -0.25) is 4.79 Å². The standard InChI is InChI=1S/C21H27ClO5/c1-3-4-14-21(17(23)13-9-6-10-15-22)19(25)26-20(2,18(24)27-21)16-11-7-5-8-12-16/h5,7-8,11-12H,3-4,6,9-10,13-15H2,1-2H3/t20-,21+/m0/s1. The Bertz CT molecular complexity index is 674. The van der Waals surface area contributed by atoms with E-state index in [0.29, 0.717) is 24.3 Å². The lowest BCUT2D eigenvalue weighted by molar-refractivity contribution is -0.226. The van der Waals surface area contributed by atoms with Crippen molar-refractivity contribution in [1.29, 1.82) is 0 Å². The molecule has 6 heteroatoms. The minimum absolute atomic E-state index is 0.146. The summed E-state index contributed by atoms with van der Waals surface area (Å²) in [5.74, 6) is -1.34. The van der Waals surface area contributed by atoms with Crippen LogP contribution in [-0.2, 0) is 29.5 Å². The second kappa shape index (κ2) is 9.36. The minimum Gasteiger partial charge on any atom is -0.439 e. The zero-order chi connectivity index (χ0) is 19.9. The van der Waals surface area contributed by atoms with E-state index in [-0.39, 0.29) is 18.6 Å². The van der Waals surface area contributed by atoms with Crippen molar-refractivity contribution < 1.29 is 23.9 Å². The number of carbonyl (C=O) groups is 3. The molecule has 0 saturated carbocycles. The number of halogens is 1. The van der Waals surface area contributed by atoms with Gasteiger partial charge in [-0.25, -0.2) is 9.59 Å². The van der Waals surface area contributed by atoms with Crippen molar-refractivity contribution in [2.45, 2.75) is 70.0 Å². The van der Waals surface area contributed by atoms with Crippen LogP contribution in [0.5, 0.6) is 0 Å². The number of carbonyl (C=O) groups excluding carboxylic acids is 3. The Labute approximate surface area is 165 Å². The van der Waals surface area contributed by atoms with Gasteiger partial charge in [0.2, 0.25) is 5.60 Å². The molecule has 148 valence electrons. The van der Waals surface area contributed by atoms with Gasteiger partial charge >= 0.3 is 11.9 Å². The van der Waals surface area contributed by atoms with Gasteiger partial charge in [-0.15, -0.1) is 11.6 Å². The normalized spacial score (nSPS) is 25.0. The number of hydrogen-bond donors (Lipinski definition) is 0. The number of benzene rings is 1. The molecule has 0 N–H and O–H groups in total. The highest BCUT2D eigenvalue weighted by molar-refractivity contribution is 6.17. The predicted molar refractivity (Wildman–Crippen MR) is 102 cm³/mol. The van der Waals surface area contributed by atoms with Gasteiger partial charge in [0.25, 0.3) is 5.60 Å². The first-order chi connectivity index (χ1) is 12.9. The van der Waals surface area contributed by atoms with E-state index in [1.165, 1.54) is 6.92 Å². The first-order valence-electron chi connectivity index (χ1n) is 9.52. The van der Waals surface area contributed by atoms with E-state index in [2.05, 4.69) is 0 Å². The molecule has 1 aromatic rings. The van der Waals surface area contributed by atoms with Crippen LogP contribution in [0.15, 0.2) is 30.3 Å². The van der Waals surface area contributed by atoms with E-state index >= 15 is 0 Å². The number of cyclic esters (lactones) is 2. The summed E-state index contributed by atoms with van der Waals surface area (Å²) in [4.78, 5) is 38.7. The van der Waals surface area contributed by atoms with Crippen molar-refractivity contribution in [1.82, 2.24) is 0 Å². The van der Waals surface area contributed by atoms with E-state index in [1.54, 1.807) is 30.3 Å². The summed E-state index contributed by atoms with van der Waals surface area (Å²) in [6, 6.07) is 8.70. The quantitative estimate of drug-likeness (QED) is 0.256. The fraction of sp³-hybridized carbons (Fsp3) is 0.571. The number of ether oxygens (including phenoxy) is 2. The van der Waals surface area contributed by atoms with Gasteiger partial charge in [-0.05, 0) is 26.2 Å². The van der Waals surface area contributed by atoms with Crippen LogP contribution in [-0.4, -0.2) is 29.2 Å². The molecule has 0 spiro atoms. The Kier molecular flexibility index (Phi) is 7.42. The highest BCUT2D eigenvalue weighted by Crippen LogP contribution is 2.39. The average molecular weight is 395 g/mol. The number of hydrogen-bond acceptors (Lipinski definition) is 5. The van der Waals surface area contributed by atoms with Crippen LogP contribution < -0.4 is 0 Å². The largest absolute Gasteiger partial charge is 0.439 e. The molecule has 5 nitrogen and oxygen atoms in total. The molecule has 0 bridgehead atoms. The Morgan fingerprint density at radius 3 is 2.33 bits per heavy atom. The Balaban J connectivity index is 2.25. The van der Waals surface area contributed by atoms with E-state index in [9.17, 15) is 14.4 Å². The lowest BCUT2D eigenvalue weighted by atomic mass is 9.85. The maximum absolute atomic E-state index is 12.9. The molecule has 0 aromatic heterocycles. The van der Waals surface area contributed by atoms with Crippen LogP contribution in [0.3, 0.4) is 0 Å². The monoisotopic (exact) mass is 394 g/mol. The van der Waals surface area contributed by atoms with Gasteiger partial charge in [0.1, 0.15) is 0 Å². The summed E-state index contributed by atoms with van der Waals surface area (Å²) in [6.45, 7) is 3.44. The molecule has 1 aromatic carbocycles. The number of Topliss-reactive ketones (excluding diaryl/α,β-unsaturated/α-hetero) is 1. The Hall–Kier alpha value is -1.88. The van der Waals surface area contributed by atoms with Crippen LogP contribution in [0, 0.1) is 0 Å². The van der Waals surface area contributed by atoms with Gasteiger partial charge in [-0.2, -0.15) is 0 Å². The Morgan fingerprint density at radius 2 is 1.70 bits per heavy atom. The first-order valence-corrected chi connectivity index (χ1v) is 10.1. The molecule has 1 saturated heterocycles. The number of esters is 2. The molecule has 27 heavy (non-hydrogen) atoms. The number of rotatable bonds is 10. The van der Waals surface area contributed by atoms with Gasteiger partial charge in [0.15, 0.2) is 5.78 Å². The predicted octanol–water partition coefficient (Wildman–Crippen LogP) is 4.30. The fourth-order valence-electron chi connectivity index (χ4n) is 3.19. The zero-order valence-corrected chi connectivity index (χ0v) is 16.7. The van der Waals surface area contributed by atoms with Gasteiger partial charge in [-0.1, -0.05) is 50.1 Å². The molecule has 1 aliphatic rings. The van der Waals surface area contributed by atoms with Crippen LogP contribution in [0.25, 0.3) is 0 Å². The van der Waals surface area contributed by atoms with Crippen LogP contribution in [0.1, 0.15) is 64.4 Å². The van der Waals surface area contributed by atoms with Crippen molar-refractivity contribution in [2.75, 3.05) is 5.88 Å². The minimum atomic E-state index is -1.83. The smallest absolute Gasteiger partial charge is 0.360 e. The van der Waals surface area contributed by atoms with Gasteiger partial charge in [0, 0.05) is 24.3 Å². The first kappa shape index (κ1) is 21.4. The average Bonchev–Trinajstić information content (AvgIpc) is 2.67. The summed E-state index contributed by atoms with van der Waals surface area (Å²) in [6.07, 6.45) is 3.83. The van der Waals surface area contributed by atoms with E-state index < -0.39 is 23.1 Å². The number of unbranched alkanes of at least 4 members (excludes halogenated alkanes) is 3. The molecule has 1 heterocycles. The van der Waals surface area contributed by atoms with Crippen LogP contribution in [0.4, 0.5) is 0 Å². The van der Waals surface area contributed by atoms with Crippen LogP contribution in [0.2, 0.25) is 0 Å². The van der Waals surface area contributed by atoms with Crippen molar-refractivity contribution >= 4 is 29.3 Å². The third kappa shape index (κ3) is 4.52. The molecule has 0 amide bonds. The van der Waals surface area contributed by atoms with Crippen molar-refractivity contribution in [2.24, 2.45) is 0 Å². The van der Waals surface area contributed by atoms with E-state index in [4.69, 9.17) is 21.1 Å². The molecule has 1 fully saturated rings. The molecule has 1 aliphatic heterocycles. The molecular weight excluding hydrogens is 368 g/mol. The van der Waals surface area contributed by atoms with Gasteiger partial charge < -0.3 is 9.47 Å². The SMILES string of the molecule is CCCC[C@]1(C(=O)CCCCCCl)OC(=O)[C@](C)(c2ccccc2)OC1=O. The number of alkyl halides is 1. The number of ketones is 1. The van der Waals surface area contributed by atoms with Crippen LogP contribution >= 0.6 is 11.6 Å². The highest BCUT2D eigenvalue weighted by atomic mass is 35.5. The zero-order valence-electron chi connectivity index (χ0n) is 16.0. The topological polar surface area (TPSA) is 69.7 Å². The second-order valence-corrected chi connectivity index (χ2v) is 7.41. The summed E-state index contributed by atoms with van der Waals surface area (Å²) in [7, 11) is 0. The molecule has 0 unspecified atom stereocenters. The highest BCUT2D eigenvalue weighted by Gasteiger charge is 2.60. The third-order valence-corrected chi connectivity index (χ3v) is 5.25. The lowest BCUT2D eigenvalue weighted by Gasteiger charge is -2.41. The third-order valence-electron chi connectivity index (χ3n) is 4.98. The van der Waals surface area contributed by atoms with Crippen molar-refractivity contribution in [3.05, 3.63) is 35.9 Å². The molecule has 0 radical (unpaired) electrons. The fourth-order valence-corrected chi connectivity index (χ4v) is 3.38. The summed E-state index contributed by atoms with van der Waals surface area (Å²) in [5.41, 5.74) is -2.86. The van der Waals surface area contributed by atoms with Crippen molar-refractivity contribution in [3.8, 4) is 0 Å². The maximum atomic E-state index is 12.9. The van der Waals surface area contributed by atoms with Crippen molar-refractivity contribution in [3.63, 3.8) is 0 Å². The summed E-state index contributed by atoms with van der Waals surface area (Å²) >= 11 is 5.66. The molecular formula is C21H27ClO5. The van der Waals surface area contributed by atoms with E-state index in [0.717, 1.165) is 19.3 Å². The molecule has 2 rings (SSSR count). The molecule has 0 aliphatic carbocycles. The van der Waals surface area contributed by atoms with E-state index in [1.807, 2.05) is 6.92 Å². The molecule has 2 atom stereocenters.